The first-order chi connectivity index (χ1) is 14.8. The normalized spacial score (nSPS) is 13.9. The Bertz CT molecular complexity index is 1020. The summed E-state index contributed by atoms with van der Waals surface area (Å²) < 4.78 is 5.80. The van der Waals surface area contributed by atoms with Gasteiger partial charge in [-0.15, -0.1) is 23.5 Å². The van der Waals surface area contributed by atoms with E-state index in [1.807, 2.05) is 35.7 Å². The Morgan fingerprint density at radius 2 is 1.87 bits per heavy atom. The zero-order valence-corrected chi connectivity index (χ0v) is 17.4. The van der Waals surface area contributed by atoms with E-state index in [1.165, 1.54) is 5.56 Å². The first-order valence-electron chi connectivity index (χ1n) is 8.79. The number of phenols is 1. The molecule has 1 heterocycles. The molecule has 0 aromatic heterocycles. The number of nitrogens with zero attached hydrogens (tertiary/aromatic N) is 3. The average molecular weight is 464 g/mol. The van der Waals surface area contributed by atoms with Gasteiger partial charge in [0.05, 0.1) is 32.3 Å². The lowest BCUT2D eigenvalue weighted by atomic mass is 10.1. The number of carbonyl (C=O) groups excluding carboxylic acids is 1. The molecule has 0 atom stereocenters. The third kappa shape index (κ3) is 5.86. The molecule has 0 spiro atoms. The van der Waals surface area contributed by atoms with Crippen molar-refractivity contribution in [1.82, 2.24) is 5.43 Å². The summed E-state index contributed by atoms with van der Waals surface area (Å²) in [5, 5.41) is 35.3. The zero-order chi connectivity index (χ0) is 22.4. The van der Waals surface area contributed by atoms with Gasteiger partial charge in [-0.05, 0) is 17.7 Å². The minimum Gasteiger partial charge on any atom is -0.502 e. The lowest BCUT2D eigenvalue weighted by Crippen LogP contribution is -2.24. The number of hydrogen-bond donors (Lipinski definition) is 2. The van der Waals surface area contributed by atoms with Crippen LogP contribution < -0.4 is 10.2 Å². The number of non-ortho nitro benzene ring substituents is 1. The smallest absolute Gasteiger partial charge is 0.318 e. The number of hydrazone groups is 1. The van der Waals surface area contributed by atoms with E-state index in [0.29, 0.717) is 16.4 Å². The van der Waals surface area contributed by atoms with Crippen LogP contribution >= 0.6 is 23.5 Å². The van der Waals surface area contributed by atoms with Crippen LogP contribution in [0.5, 0.6) is 11.5 Å². The molecule has 0 saturated carbocycles. The highest BCUT2D eigenvalue weighted by molar-refractivity contribution is 8.19. The molecular weight excluding hydrogens is 448 g/mol. The molecule has 11 nitrogen and oxygen atoms in total. The second-order valence-corrected chi connectivity index (χ2v) is 8.87. The Balaban J connectivity index is 1.57. The van der Waals surface area contributed by atoms with Crippen LogP contribution in [0, 0.1) is 20.2 Å². The lowest BCUT2D eigenvalue weighted by molar-refractivity contribution is -0.394. The van der Waals surface area contributed by atoms with Crippen LogP contribution in [-0.2, 0) is 4.79 Å². The molecule has 3 rings (SSSR count). The average Bonchev–Trinajstić information content (AvgIpc) is 3.28. The molecule has 13 heteroatoms. The maximum absolute atomic E-state index is 11.9. The molecule has 1 aliphatic rings. The largest absolute Gasteiger partial charge is 0.502 e. The predicted octanol–water partition coefficient (Wildman–Crippen LogP) is 3.22. The van der Waals surface area contributed by atoms with E-state index < -0.39 is 32.9 Å². The Kier molecular flexibility index (Phi) is 7.31. The van der Waals surface area contributed by atoms with Gasteiger partial charge in [0.25, 0.3) is 11.6 Å². The summed E-state index contributed by atoms with van der Waals surface area (Å²) in [6.45, 7) is -0.343. The van der Waals surface area contributed by atoms with Crippen LogP contribution in [0.25, 0.3) is 0 Å². The van der Waals surface area contributed by atoms with Gasteiger partial charge >= 0.3 is 5.69 Å². The standard InChI is InChI=1S/C18H16N4O7S2/c23-16(10-29-14-3-1-11(2-4-14)18-30-5-6-31-18)20-19-9-12-7-13(21(25)26)8-15(17(12)24)22(27)28/h1-4,7-9,18,24H,5-6,10H2,(H,20,23)/b19-9-. The zero-order valence-electron chi connectivity index (χ0n) is 15.8. The molecule has 0 aliphatic carbocycles. The molecule has 1 fully saturated rings. The van der Waals surface area contributed by atoms with Gasteiger partial charge in [0.1, 0.15) is 5.75 Å². The first-order valence-corrected chi connectivity index (χ1v) is 10.9. The quantitative estimate of drug-likeness (QED) is 0.340. The van der Waals surface area contributed by atoms with Gasteiger partial charge in [-0.1, -0.05) is 12.1 Å². The minimum atomic E-state index is -0.957. The van der Waals surface area contributed by atoms with E-state index >= 15 is 0 Å². The monoisotopic (exact) mass is 464 g/mol. The number of amides is 1. The van der Waals surface area contributed by atoms with E-state index in [1.54, 1.807) is 12.1 Å². The van der Waals surface area contributed by atoms with E-state index in [0.717, 1.165) is 23.8 Å². The second-order valence-electron chi connectivity index (χ2n) is 6.14. The third-order valence-electron chi connectivity index (χ3n) is 4.05. The van der Waals surface area contributed by atoms with Crippen LogP contribution in [0.2, 0.25) is 0 Å². The number of thioether (sulfide) groups is 2. The fourth-order valence-corrected chi connectivity index (χ4v) is 5.46. The van der Waals surface area contributed by atoms with E-state index in [9.17, 15) is 30.1 Å². The summed E-state index contributed by atoms with van der Waals surface area (Å²) in [6.07, 6.45) is 0.874. The molecule has 0 bridgehead atoms. The summed E-state index contributed by atoms with van der Waals surface area (Å²) >= 11 is 3.76. The molecule has 0 radical (unpaired) electrons. The number of phenolic OH excluding ortho intramolecular Hbond substituents is 1. The summed E-state index contributed by atoms with van der Waals surface area (Å²) in [4.78, 5) is 31.9. The van der Waals surface area contributed by atoms with Crippen molar-refractivity contribution in [1.29, 1.82) is 0 Å². The molecule has 1 saturated heterocycles. The van der Waals surface area contributed by atoms with Gasteiger partial charge in [-0.2, -0.15) is 5.10 Å². The highest BCUT2D eigenvalue weighted by atomic mass is 32.2. The molecular formula is C18H16N4O7S2. The lowest BCUT2D eigenvalue weighted by Gasteiger charge is -2.10. The van der Waals surface area contributed by atoms with Gasteiger partial charge in [0, 0.05) is 17.6 Å². The number of ether oxygens (including phenoxy) is 1. The molecule has 2 N–H and O–H groups in total. The molecule has 1 amide bonds. The van der Waals surface area contributed by atoms with Gasteiger partial charge in [-0.3, -0.25) is 25.0 Å². The molecule has 162 valence electrons. The Morgan fingerprint density at radius 3 is 2.48 bits per heavy atom. The number of carbonyl (C=O) groups is 1. The third-order valence-corrected chi connectivity index (χ3v) is 7.15. The van der Waals surface area contributed by atoms with E-state index in [4.69, 9.17) is 4.74 Å². The van der Waals surface area contributed by atoms with Crippen molar-refractivity contribution in [3.63, 3.8) is 0 Å². The molecule has 0 unspecified atom stereocenters. The first kappa shape index (κ1) is 22.4. The highest BCUT2D eigenvalue weighted by Gasteiger charge is 2.23. The summed E-state index contributed by atoms with van der Waals surface area (Å²) in [5.41, 5.74) is 1.58. The van der Waals surface area contributed by atoms with Crippen LogP contribution in [0.15, 0.2) is 41.5 Å². The van der Waals surface area contributed by atoms with Crippen molar-refractivity contribution >= 4 is 47.0 Å². The summed E-state index contributed by atoms with van der Waals surface area (Å²) in [6, 6.07) is 8.96. The van der Waals surface area contributed by atoms with Gasteiger partial charge < -0.3 is 9.84 Å². The molecule has 2 aromatic rings. The number of nitrogens with one attached hydrogen (secondary N) is 1. The predicted molar refractivity (Wildman–Crippen MR) is 117 cm³/mol. The molecule has 2 aromatic carbocycles. The van der Waals surface area contributed by atoms with Crippen LogP contribution in [0.4, 0.5) is 11.4 Å². The maximum Gasteiger partial charge on any atom is 0.318 e. The van der Waals surface area contributed by atoms with Crippen molar-refractivity contribution < 1.29 is 24.5 Å². The molecule has 31 heavy (non-hydrogen) atoms. The van der Waals surface area contributed by atoms with Crippen LogP contribution in [0.3, 0.4) is 0 Å². The molecule has 1 aliphatic heterocycles. The maximum atomic E-state index is 11.9. The van der Waals surface area contributed by atoms with Gasteiger partial charge in [0.15, 0.2) is 6.61 Å². The number of nitro groups is 2. The van der Waals surface area contributed by atoms with Crippen molar-refractivity contribution in [2.75, 3.05) is 18.1 Å². The van der Waals surface area contributed by atoms with Crippen LogP contribution in [-0.4, -0.2) is 45.2 Å². The van der Waals surface area contributed by atoms with Crippen molar-refractivity contribution in [3.8, 4) is 11.5 Å². The minimum absolute atomic E-state index is 0.291. The van der Waals surface area contributed by atoms with Crippen LogP contribution in [0.1, 0.15) is 15.7 Å². The fourth-order valence-electron chi connectivity index (χ4n) is 2.60. The van der Waals surface area contributed by atoms with Gasteiger partial charge in [0.2, 0.25) is 5.75 Å². The second kappa shape index (κ2) is 10.1. The fraction of sp³-hybridized carbons (Fsp3) is 0.222. The highest BCUT2D eigenvalue weighted by Crippen LogP contribution is 2.45. The Morgan fingerprint density at radius 1 is 1.19 bits per heavy atom. The number of benzene rings is 2. The van der Waals surface area contributed by atoms with E-state index in [2.05, 4.69) is 10.5 Å². The Labute approximate surface area is 184 Å². The van der Waals surface area contributed by atoms with E-state index in [-0.39, 0.29) is 12.2 Å². The number of hydrogen-bond acceptors (Lipinski definition) is 10. The van der Waals surface area contributed by atoms with Crippen molar-refractivity contribution in [2.24, 2.45) is 5.10 Å². The number of rotatable bonds is 8. The number of aromatic hydroxyl groups is 1. The SMILES string of the molecule is O=C(COc1ccc(C2SCCS2)cc1)N/N=C\c1cc([N+](=O)[O-])cc([N+](=O)[O-])c1O. The summed E-state index contributed by atoms with van der Waals surface area (Å²) in [5.74, 6) is 1.32. The van der Waals surface area contributed by atoms with Gasteiger partial charge in [-0.25, -0.2) is 5.43 Å². The topological polar surface area (TPSA) is 157 Å². The van der Waals surface area contributed by atoms with Crippen molar-refractivity contribution in [3.05, 3.63) is 67.8 Å². The summed E-state index contributed by atoms with van der Waals surface area (Å²) in [7, 11) is 0. The van der Waals surface area contributed by atoms with Crippen molar-refractivity contribution in [2.45, 2.75) is 4.58 Å². The number of nitro benzene ring substituents is 2. The Hall–Kier alpha value is -3.32.